The smallest absolute Gasteiger partial charge is 0.269 e. The molecule has 1 aromatic rings. The summed E-state index contributed by atoms with van der Waals surface area (Å²) in [5.41, 5.74) is 0.854. The average Bonchev–Trinajstić information content (AvgIpc) is 3.10. The molecular weight excluding hydrogens is 324 g/mol. The van der Waals surface area contributed by atoms with Crippen LogP contribution >= 0.6 is 12.2 Å². The van der Waals surface area contributed by atoms with Crippen molar-refractivity contribution in [3.63, 3.8) is 0 Å². The number of nitrogens with zero attached hydrogens (tertiary/aromatic N) is 2. The number of non-ortho nitro benzene ring substituents is 1. The van der Waals surface area contributed by atoms with Crippen LogP contribution in [0.15, 0.2) is 24.3 Å². The van der Waals surface area contributed by atoms with Gasteiger partial charge in [-0.3, -0.25) is 15.0 Å². The van der Waals surface area contributed by atoms with Crippen LogP contribution in [-0.4, -0.2) is 40.1 Å². The first-order chi connectivity index (χ1) is 11.6. The van der Waals surface area contributed by atoms with E-state index in [1.165, 1.54) is 57.3 Å². The van der Waals surface area contributed by atoms with E-state index in [2.05, 4.69) is 15.5 Å². The van der Waals surface area contributed by atoms with Gasteiger partial charge in [0.25, 0.3) is 5.69 Å². The third-order valence-electron chi connectivity index (χ3n) is 4.99. The van der Waals surface area contributed by atoms with Crippen LogP contribution < -0.4 is 10.6 Å². The number of rotatable bonds is 4. The second-order valence-corrected chi connectivity index (χ2v) is 7.01. The minimum Gasteiger partial charge on any atom is -0.358 e. The zero-order valence-electron chi connectivity index (χ0n) is 13.7. The molecule has 1 saturated carbocycles. The van der Waals surface area contributed by atoms with E-state index in [9.17, 15) is 10.1 Å². The van der Waals surface area contributed by atoms with E-state index in [1.54, 1.807) is 12.1 Å². The fraction of sp³-hybridized carbons (Fsp3) is 0.588. The van der Waals surface area contributed by atoms with Crippen molar-refractivity contribution in [3.8, 4) is 0 Å². The quantitative estimate of drug-likeness (QED) is 0.494. The Kier molecular flexibility index (Phi) is 5.63. The van der Waals surface area contributed by atoms with E-state index >= 15 is 0 Å². The van der Waals surface area contributed by atoms with Gasteiger partial charge in [-0.1, -0.05) is 12.8 Å². The standard InChI is InChI=1S/C17H24N4O2S/c22-21(23)14-9-7-13(8-10-14)18-17(24)19-15-5-1-2-6-16(15)20-11-3-4-12-20/h7-10,15-16H,1-6,11-12H2,(H2,18,19,24)/t15-,16-/m1/s1. The van der Waals surface area contributed by atoms with Crippen LogP contribution in [0.3, 0.4) is 0 Å². The third-order valence-corrected chi connectivity index (χ3v) is 5.21. The van der Waals surface area contributed by atoms with Gasteiger partial charge in [0.15, 0.2) is 5.11 Å². The van der Waals surface area contributed by atoms with Crippen LogP contribution in [-0.2, 0) is 0 Å². The van der Waals surface area contributed by atoms with Crippen molar-refractivity contribution in [2.75, 3.05) is 18.4 Å². The number of benzene rings is 1. The number of nitrogens with one attached hydrogen (secondary N) is 2. The van der Waals surface area contributed by atoms with Crippen molar-refractivity contribution in [1.82, 2.24) is 10.2 Å². The monoisotopic (exact) mass is 348 g/mol. The number of thiocarbonyl (C=S) groups is 1. The highest BCUT2D eigenvalue weighted by atomic mass is 32.1. The van der Waals surface area contributed by atoms with E-state index in [0.29, 0.717) is 17.2 Å². The highest BCUT2D eigenvalue weighted by Gasteiger charge is 2.31. The predicted octanol–water partition coefficient (Wildman–Crippen LogP) is 3.29. The van der Waals surface area contributed by atoms with E-state index in [1.807, 2.05) is 0 Å². The Morgan fingerprint density at radius 1 is 1.12 bits per heavy atom. The molecule has 0 aromatic heterocycles. The van der Waals surface area contributed by atoms with Gasteiger partial charge in [-0.25, -0.2) is 0 Å². The molecular formula is C17H24N4O2S. The molecule has 2 fully saturated rings. The molecule has 0 radical (unpaired) electrons. The maximum absolute atomic E-state index is 10.7. The lowest BCUT2D eigenvalue weighted by molar-refractivity contribution is -0.384. The van der Waals surface area contributed by atoms with Crippen molar-refractivity contribution in [2.24, 2.45) is 0 Å². The molecule has 1 aromatic carbocycles. The Balaban J connectivity index is 1.57. The number of likely N-dealkylation sites (tertiary alicyclic amines) is 1. The maximum atomic E-state index is 10.7. The summed E-state index contributed by atoms with van der Waals surface area (Å²) in [5.74, 6) is 0. The van der Waals surface area contributed by atoms with Gasteiger partial charge in [0.2, 0.25) is 0 Å². The van der Waals surface area contributed by atoms with Crippen molar-refractivity contribution < 1.29 is 4.92 Å². The minimum absolute atomic E-state index is 0.0841. The summed E-state index contributed by atoms with van der Waals surface area (Å²) in [4.78, 5) is 12.9. The maximum Gasteiger partial charge on any atom is 0.269 e. The molecule has 1 saturated heterocycles. The summed E-state index contributed by atoms with van der Waals surface area (Å²) in [7, 11) is 0. The minimum atomic E-state index is -0.400. The topological polar surface area (TPSA) is 70.4 Å². The second-order valence-electron chi connectivity index (χ2n) is 6.60. The van der Waals surface area contributed by atoms with Crippen LogP contribution in [0.1, 0.15) is 38.5 Å². The Labute approximate surface area is 147 Å². The molecule has 0 bridgehead atoms. The van der Waals surface area contributed by atoms with Crippen LogP contribution in [0.5, 0.6) is 0 Å². The lowest BCUT2D eigenvalue weighted by Gasteiger charge is -2.38. The van der Waals surface area contributed by atoms with Crippen molar-refractivity contribution in [1.29, 1.82) is 0 Å². The molecule has 0 unspecified atom stereocenters. The molecule has 24 heavy (non-hydrogen) atoms. The summed E-state index contributed by atoms with van der Waals surface area (Å²) in [6.07, 6.45) is 7.51. The fourth-order valence-corrected chi connectivity index (χ4v) is 4.06. The molecule has 1 aliphatic carbocycles. The van der Waals surface area contributed by atoms with Gasteiger partial charge >= 0.3 is 0 Å². The number of hydrogen-bond donors (Lipinski definition) is 2. The summed E-state index contributed by atoms with van der Waals surface area (Å²) < 4.78 is 0. The summed E-state index contributed by atoms with van der Waals surface area (Å²) in [6, 6.07) is 7.29. The molecule has 1 heterocycles. The Bertz CT molecular complexity index is 587. The largest absolute Gasteiger partial charge is 0.358 e. The van der Waals surface area contributed by atoms with Gasteiger partial charge in [-0.15, -0.1) is 0 Å². The van der Waals surface area contributed by atoms with Crippen LogP contribution in [0.4, 0.5) is 11.4 Å². The summed E-state index contributed by atoms with van der Waals surface area (Å²) in [6.45, 7) is 2.40. The zero-order chi connectivity index (χ0) is 16.9. The predicted molar refractivity (Wildman–Crippen MR) is 99.3 cm³/mol. The van der Waals surface area contributed by atoms with Crippen LogP contribution in [0.2, 0.25) is 0 Å². The Morgan fingerprint density at radius 3 is 2.46 bits per heavy atom. The molecule has 2 N–H and O–H groups in total. The van der Waals surface area contributed by atoms with Gasteiger partial charge in [-0.2, -0.15) is 0 Å². The van der Waals surface area contributed by atoms with Gasteiger partial charge in [-0.05, 0) is 63.1 Å². The average molecular weight is 348 g/mol. The molecule has 6 nitrogen and oxygen atoms in total. The highest BCUT2D eigenvalue weighted by Crippen LogP contribution is 2.26. The molecule has 130 valence electrons. The molecule has 3 rings (SSSR count). The van der Waals surface area contributed by atoms with E-state index in [4.69, 9.17) is 12.2 Å². The molecule has 2 atom stereocenters. The summed E-state index contributed by atoms with van der Waals surface area (Å²) in [5, 5.41) is 17.9. The first kappa shape index (κ1) is 17.1. The van der Waals surface area contributed by atoms with E-state index < -0.39 is 4.92 Å². The van der Waals surface area contributed by atoms with Crippen molar-refractivity contribution in [3.05, 3.63) is 34.4 Å². The molecule has 1 aliphatic heterocycles. The molecule has 7 heteroatoms. The number of hydrogen-bond acceptors (Lipinski definition) is 4. The van der Waals surface area contributed by atoms with E-state index in [-0.39, 0.29) is 5.69 Å². The third kappa shape index (κ3) is 4.21. The highest BCUT2D eigenvalue weighted by molar-refractivity contribution is 7.80. The SMILES string of the molecule is O=[N+]([O-])c1ccc(NC(=S)N[C@@H]2CCCC[C@H]2N2CCCC2)cc1. The molecule has 0 amide bonds. The normalized spacial score (nSPS) is 24.5. The second kappa shape index (κ2) is 7.90. The zero-order valence-corrected chi connectivity index (χ0v) is 14.6. The van der Waals surface area contributed by atoms with Gasteiger partial charge in [0.1, 0.15) is 0 Å². The van der Waals surface area contributed by atoms with Gasteiger partial charge in [0, 0.05) is 29.9 Å². The van der Waals surface area contributed by atoms with E-state index in [0.717, 1.165) is 12.1 Å². The lowest BCUT2D eigenvalue weighted by atomic mass is 9.89. The van der Waals surface area contributed by atoms with Gasteiger partial charge < -0.3 is 10.6 Å². The van der Waals surface area contributed by atoms with Crippen molar-refractivity contribution in [2.45, 2.75) is 50.6 Å². The number of nitro benzene ring substituents is 1. The molecule has 0 spiro atoms. The lowest BCUT2D eigenvalue weighted by Crippen LogP contribution is -2.53. The first-order valence-electron chi connectivity index (χ1n) is 8.69. The number of anilines is 1. The number of nitro groups is 1. The van der Waals surface area contributed by atoms with Crippen LogP contribution in [0.25, 0.3) is 0 Å². The molecule has 2 aliphatic rings. The first-order valence-corrected chi connectivity index (χ1v) is 9.10. The van der Waals surface area contributed by atoms with Gasteiger partial charge in [0.05, 0.1) is 4.92 Å². The Morgan fingerprint density at radius 2 is 1.79 bits per heavy atom. The van der Waals surface area contributed by atoms with Crippen LogP contribution in [0, 0.1) is 10.1 Å². The summed E-state index contributed by atoms with van der Waals surface area (Å²) >= 11 is 5.45. The van der Waals surface area contributed by atoms with Crippen molar-refractivity contribution >= 4 is 28.7 Å². The Hall–Kier alpha value is -1.73. The fourth-order valence-electron chi connectivity index (χ4n) is 3.79.